The summed E-state index contributed by atoms with van der Waals surface area (Å²) in [5.74, 6) is 0.956. The molecule has 1 unspecified atom stereocenters. The Morgan fingerprint density at radius 3 is 3.14 bits per heavy atom. The van der Waals surface area contributed by atoms with E-state index in [4.69, 9.17) is 10.5 Å². The Hall–Kier alpha value is -0.670. The first-order valence-electron chi connectivity index (χ1n) is 4.87. The van der Waals surface area contributed by atoms with Gasteiger partial charge in [-0.15, -0.1) is 11.8 Å². The highest BCUT2D eigenvalue weighted by Crippen LogP contribution is 2.39. The molecule has 0 aromatic heterocycles. The summed E-state index contributed by atoms with van der Waals surface area (Å²) in [6, 6.07) is 6.31. The Bertz CT molecular complexity index is 327. The van der Waals surface area contributed by atoms with Crippen molar-refractivity contribution in [1.29, 1.82) is 0 Å². The van der Waals surface area contributed by atoms with E-state index in [2.05, 4.69) is 12.1 Å². The standard InChI is InChI=1S/C11H15NOS/c1-13-9-2-3-11-8(6-9)7-10(14-11)4-5-12/h2-3,6,10H,4-5,7,12H2,1H3. The zero-order chi connectivity index (χ0) is 9.97. The number of nitrogens with two attached hydrogens (primary N) is 1. The third kappa shape index (κ3) is 1.88. The minimum absolute atomic E-state index is 0.669. The topological polar surface area (TPSA) is 35.2 Å². The number of hydrogen-bond acceptors (Lipinski definition) is 3. The van der Waals surface area contributed by atoms with Gasteiger partial charge in [0, 0.05) is 10.1 Å². The molecule has 0 spiro atoms. The summed E-state index contributed by atoms with van der Waals surface area (Å²) in [7, 11) is 1.71. The average Bonchev–Trinajstić information content (AvgIpc) is 2.59. The van der Waals surface area contributed by atoms with Gasteiger partial charge >= 0.3 is 0 Å². The molecule has 0 saturated carbocycles. The molecular weight excluding hydrogens is 194 g/mol. The predicted octanol–water partition coefficient (Wildman–Crippen LogP) is 2.06. The van der Waals surface area contributed by atoms with Gasteiger partial charge in [-0.25, -0.2) is 0 Å². The lowest BCUT2D eigenvalue weighted by Gasteiger charge is -2.03. The van der Waals surface area contributed by atoms with Crippen molar-refractivity contribution in [2.45, 2.75) is 23.0 Å². The normalized spacial score (nSPS) is 19.4. The monoisotopic (exact) mass is 209 g/mol. The Balaban J connectivity index is 2.14. The second kappa shape index (κ2) is 4.24. The van der Waals surface area contributed by atoms with Crippen molar-refractivity contribution in [3.63, 3.8) is 0 Å². The average molecular weight is 209 g/mol. The third-order valence-corrected chi connectivity index (χ3v) is 3.89. The summed E-state index contributed by atoms with van der Waals surface area (Å²) in [4.78, 5) is 1.39. The molecule has 14 heavy (non-hydrogen) atoms. The smallest absolute Gasteiger partial charge is 0.119 e. The predicted molar refractivity (Wildman–Crippen MR) is 60.0 cm³/mol. The Morgan fingerprint density at radius 1 is 1.57 bits per heavy atom. The first kappa shape index (κ1) is 9.87. The fourth-order valence-corrected chi connectivity index (χ4v) is 3.09. The van der Waals surface area contributed by atoms with Crippen molar-refractivity contribution in [3.05, 3.63) is 23.8 Å². The van der Waals surface area contributed by atoms with Gasteiger partial charge in [0.25, 0.3) is 0 Å². The van der Waals surface area contributed by atoms with E-state index in [1.165, 1.54) is 10.5 Å². The Morgan fingerprint density at radius 2 is 2.43 bits per heavy atom. The molecule has 0 aliphatic carbocycles. The lowest BCUT2D eigenvalue weighted by Crippen LogP contribution is -2.09. The summed E-state index contributed by atoms with van der Waals surface area (Å²) >= 11 is 1.94. The van der Waals surface area contributed by atoms with Crippen LogP contribution in [0, 0.1) is 0 Å². The molecule has 1 aromatic rings. The fourth-order valence-electron chi connectivity index (χ4n) is 1.77. The van der Waals surface area contributed by atoms with Crippen molar-refractivity contribution in [2.24, 2.45) is 5.73 Å². The van der Waals surface area contributed by atoms with Gasteiger partial charge in [0.1, 0.15) is 5.75 Å². The first-order valence-corrected chi connectivity index (χ1v) is 5.75. The summed E-state index contributed by atoms with van der Waals surface area (Å²) < 4.78 is 5.20. The van der Waals surface area contributed by atoms with Crippen LogP contribution < -0.4 is 10.5 Å². The zero-order valence-corrected chi connectivity index (χ0v) is 9.14. The van der Waals surface area contributed by atoms with Gasteiger partial charge in [-0.05, 0) is 43.1 Å². The molecule has 3 heteroatoms. The quantitative estimate of drug-likeness (QED) is 0.827. The van der Waals surface area contributed by atoms with Crippen molar-refractivity contribution < 1.29 is 4.74 Å². The lowest BCUT2D eigenvalue weighted by atomic mass is 10.1. The van der Waals surface area contributed by atoms with E-state index in [0.29, 0.717) is 5.25 Å². The summed E-state index contributed by atoms with van der Waals surface area (Å²) in [6.07, 6.45) is 2.23. The lowest BCUT2D eigenvalue weighted by molar-refractivity contribution is 0.414. The van der Waals surface area contributed by atoms with E-state index in [0.717, 1.165) is 25.1 Å². The number of thioether (sulfide) groups is 1. The van der Waals surface area contributed by atoms with Crippen LogP contribution in [-0.4, -0.2) is 18.9 Å². The van der Waals surface area contributed by atoms with E-state index >= 15 is 0 Å². The molecule has 0 fully saturated rings. The highest BCUT2D eigenvalue weighted by atomic mass is 32.2. The van der Waals surface area contributed by atoms with Crippen molar-refractivity contribution >= 4 is 11.8 Å². The van der Waals surface area contributed by atoms with Crippen molar-refractivity contribution in [3.8, 4) is 5.75 Å². The molecule has 1 atom stereocenters. The van der Waals surface area contributed by atoms with Crippen LogP contribution in [0.25, 0.3) is 0 Å². The molecule has 2 N–H and O–H groups in total. The van der Waals surface area contributed by atoms with Crippen molar-refractivity contribution in [2.75, 3.05) is 13.7 Å². The molecule has 1 aliphatic heterocycles. The first-order chi connectivity index (χ1) is 6.83. The molecule has 2 rings (SSSR count). The van der Waals surface area contributed by atoms with E-state index < -0.39 is 0 Å². The largest absolute Gasteiger partial charge is 0.497 e. The molecule has 0 radical (unpaired) electrons. The number of benzene rings is 1. The maximum Gasteiger partial charge on any atom is 0.119 e. The number of methoxy groups -OCH3 is 1. The molecule has 1 heterocycles. The Kier molecular flexibility index (Phi) is 2.99. The van der Waals surface area contributed by atoms with E-state index in [9.17, 15) is 0 Å². The van der Waals surface area contributed by atoms with E-state index in [-0.39, 0.29) is 0 Å². The van der Waals surface area contributed by atoms with Gasteiger partial charge < -0.3 is 10.5 Å². The summed E-state index contributed by atoms with van der Waals surface area (Å²) in [5, 5.41) is 0.669. The van der Waals surface area contributed by atoms with Crippen LogP contribution >= 0.6 is 11.8 Å². The molecule has 0 bridgehead atoms. The molecule has 76 valence electrons. The van der Waals surface area contributed by atoms with Crippen LogP contribution in [0.3, 0.4) is 0 Å². The van der Waals surface area contributed by atoms with Gasteiger partial charge in [-0.3, -0.25) is 0 Å². The highest BCUT2D eigenvalue weighted by molar-refractivity contribution is 8.00. The molecule has 0 saturated heterocycles. The number of rotatable bonds is 3. The van der Waals surface area contributed by atoms with E-state index in [1.807, 2.05) is 17.8 Å². The minimum Gasteiger partial charge on any atom is -0.497 e. The van der Waals surface area contributed by atoms with Gasteiger partial charge in [-0.1, -0.05) is 0 Å². The molecular formula is C11H15NOS. The van der Waals surface area contributed by atoms with Gasteiger partial charge in [0.05, 0.1) is 7.11 Å². The van der Waals surface area contributed by atoms with E-state index in [1.54, 1.807) is 7.11 Å². The number of fused-ring (bicyclic) bond motifs is 1. The number of ether oxygens (including phenoxy) is 1. The highest BCUT2D eigenvalue weighted by Gasteiger charge is 2.21. The Labute approximate surface area is 88.8 Å². The maximum atomic E-state index is 5.56. The third-order valence-electron chi connectivity index (χ3n) is 2.50. The minimum atomic E-state index is 0.669. The summed E-state index contributed by atoms with van der Waals surface area (Å²) in [6.45, 7) is 0.781. The van der Waals surface area contributed by atoms with Crippen LogP contribution in [0.2, 0.25) is 0 Å². The van der Waals surface area contributed by atoms with Gasteiger partial charge in [-0.2, -0.15) is 0 Å². The molecule has 2 nitrogen and oxygen atoms in total. The zero-order valence-electron chi connectivity index (χ0n) is 8.32. The SMILES string of the molecule is COc1ccc2c(c1)CC(CCN)S2. The van der Waals surface area contributed by atoms with Gasteiger partial charge in [0.15, 0.2) is 0 Å². The van der Waals surface area contributed by atoms with Crippen LogP contribution in [0.4, 0.5) is 0 Å². The molecule has 1 aromatic carbocycles. The van der Waals surface area contributed by atoms with Crippen LogP contribution in [0.15, 0.2) is 23.1 Å². The second-order valence-corrected chi connectivity index (χ2v) is 4.84. The van der Waals surface area contributed by atoms with Gasteiger partial charge in [0.2, 0.25) is 0 Å². The fraction of sp³-hybridized carbons (Fsp3) is 0.455. The van der Waals surface area contributed by atoms with Crippen LogP contribution in [0.5, 0.6) is 5.75 Å². The number of hydrogen-bond donors (Lipinski definition) is 1. The molecule has 1 aliphatic rings. The van der Waals surface area contributed by atoms with Crippen LogP contribution in [-0.2, 0) is 6.42 Å². The van der Waals surface area contributed by atoms with Crippen molar-refractivity contribution in [1.82, 2.24) is 0 Å². The van der Waals surface area contributed by atoms with Crippen LogP contribution in [0.1, 0.15) is 12.0 Å². The maximum absolute atomic E-state index is 5.56. The summed E-state index contributed by atoms with van der Waals surface area (Å²) in [5.41, 5.74) is 6.97. The molecule has 0 amide bonds. The second-order valence-electron chi connectivity index (χ2n) is 3.49.